The van der Waals surface area contributed by atoms with E-state index in [1.807, 2.05) is 18.2 Å². The predicted octanol–water partition coefficient (Wildman–Crippen LogP) is 5.16. The number of fused-ring (bicyclic) bond motifs is 1. The van der Waals surface area contributed by atoms with E-state index in [1.54, 1.807) is 6.07 Å². The third-order valence-corrected chi connectivity index (χ3v) is 9.36. The first-order chi connectivity index (χ1) is 18.0. The summed E-state index contributed by atoms with van der Waals surface area (Å²) in [6, 6.07) is 13.3. The Morgan fingerprint density at radius 3 is 2.65 bits per heavy atom. The van der Waals surface area contributed by atoms with E-state index >= 15 is 0 Å². The van der Waals surface area contributed by atoms with Gasteiger partial charge in [-0.15, -0.1) is 0 Å². The number of aromatic nitrogens is 2. The minimum Gasteiger partial charge on any atom is -0.481 e. The SMILES string of the molecule is O=C(O)CCC1(N2CC(CN3CCC(c4cn5ccccc5n4)CC3)C(c3cccc(F)c3)C2)CCC1. The molecule has 2 atom stereocenters. The van der Waals surface area contributed by atoms with E-state index in [0.717, 1.165) is 76.0 Å². The van der Waals surface area contributed by atoms with E-state index in [2.05, 4.69) is 38.7 Å². The van der Waals surface area contributed by atoms with Gasteiger partial charge in [0.2, 0.25) is 0 Å². The normalized spacial score (nSPS) is 24.9. The van der Waals surface area contributed by atoms with Crippen molar-refractivity contribution >= 4 is 11.6 Å². The Balaban J connectivity index is 1.15. The minimum atomic E-state index is -0.711. The molecule has 2 aliphatic heterocycles. The number of piperidine rings is 1. The first-order valence-corrected chi connectivity index (χ1v) is 13.9. The van der Waals surface area contributed by atoms with Crippen molar-refractivity contribution in [2.24, 2.45) is 5.92 Å². The Morgan fingerprint density at radius 2 is 1.95 bits per heavy atom. The molecular formula is C30H37FN4O2. The fourth-order valence-corrected chi connectivity index (χ4v) is 7.10. The summed E-state index contributed by atoms with van der Waals surface area (Å²) in [6.07, 6.45) is 10.7. The highest BCUT2D eigenvalue weighted by Crippen LogP contribution is 2.47. The zero-order valence-electron chi connectivity index (χ0n) is 21.4. The lowest BCUT2D eigenvalue weighted by atomic mass is 9.72. The highest BCUT2D eigenvalue weighted by molar-refractivity contribution is 5.66. The molecule has 3 fully saturated rings. The zero-order chi connectivity index (χ0) is 25.4. The van der Waals surface area contributed by atoms with E-state index < -0.39 is 5.97 Å². The lowest BCUT2D eigenvalue weighted by molar-refractivity contribution is -0.138. The van der Waals surface area contributed by atoms with E-state index in [-0.39, 0.29) is 23.7 Å². The van der Waals surface area contributed by atoms with Crippen LogP contribution in [0.4, 0.5) is 4.39 Å². The molecule has 0 bridgehead atoms. The Labute approximate surface area is 218 Å². The molecule has 1 saturated carbocycles. The number of halogens is 1. The van der Waals surface area contributed by atoms with Crippen LogP contribution >= 0.6 is 0 Å². The summed E-state index contributed by atoms with van der Waals surface area (Å²) in [4.78, 5) is 21.4. The number of benzene rings is 1. The molecule has 196 valence electrons. The lowest BCUT2D eigenvalue weighted by Gasteiger charge is -2.49. The van der Waals surface area contributed by atoms with Crippen molar-refractivity contribution in [1.29, 1.82) is 0 Å². The number of hydrogen-bond donors (Lipinski definition) is 1. The molecule has 0 radical (unpaired) electrons. The van der Waals surface area contributed by atoms with Gasteiger partial charge in [-0.3, -0.25) is 9.69 Å². The Kier molecular flexibility index (Phi) is 6.76. The largest absolute Gasteiger partial charge is 0.481 e. The second-order valence-electron chi connectivity index (χ2n) is 11.5. The number of carboxylic acid groups (broad SMARTS) is 1. The average molecular weight is 505 g/mol. The van der Waals surface area contributed by atoms with Crippen LogP contribution in [0.3, 0.4) is 0 Å². The Bertz CT molecular complexity index is 1210. The molecule has 2 aromatic heterocycles. The third kappa shape index (κ3) is 5.04. The van der Waals surface area contributed by atoms with E-state index in [0.29, 0.717) is 11.8 Å². The van der Waals surface area contributed by atoms with E-state index in [1.165, 1.54) is 18.2 Å². The summed E-state index contributed by atoms with van der Waals surface area (Å²) in [6.45, 7) is 4.97. The molecule has 1 aromatic carbocycles. The van der Waals surface area contributed by atoms with Crippen molar-refractivity contribution in [3.63, 3.8) is 0 Å². The number of imidazole rings is 1. The van der Waals surface area contributed by atoms with Crippen molar-refractivity contribution in [2.75, 3.05) is 32.7 Å². The Hall–Kier alpha value is -2.77. The summed E-state index contributed by atoms with van der Waals surface area (Å²) >= 11 is 0. The van der Waals surface area contributed by atoms with Gasteiger partial charge in [-0.05, 0) is 87.4 Å². The van der Waals surface area contributed by atoms with Crippen LogP contribution in [0.25, 0.3) is 5.65 Å². The number of aliphatic carboxylic acids is 1. The van der Waals surface area contributed by atoms with Crippen LogP contribution in [0.5, 0.6) is 0 Å². The second kappa shape index (κ2) is 10.2. The van der Waals surface area contributed by atoms with Crippen molar-refractivity contribution in [2.45, 2.75) is 62.3 Å². The van der Waals surface area contributed by atoms with Gasteiger partial charge in [-0.2, -0.15) is 0 Å². The maximum absolute atomic E-state index is 14.2. The van der Waals surface area contributed by atoms with Gasteiger partial charge in [0.15, 0.2) is 0 Å². The molecule has 2 unspecified atom stereocenters. The van der Waals surface area contributed by atoms with Crippen molar-refractivity contribution < 1.29 is 14.3 Å². The molecule has 1 N–H and O–H groups in total. The van der Waals surface area contributed by atoms with Crippen LogP contribution < -0.4 is 0 Å². The molecule has 1 aliphatic carbocycles. The van der Waals surface area contributed by atoms with Gasteiger partial charge in [0.25, 0.3) is 0 Å². The quantitative estimate of drug-likeness (QED) is 0.459. The van der Waals surface area contributed by atoms with Gasteiger partial charge < -0.3 is 14.4 Å². The fraction of sp³-hybridized carbons (Fsp3) is 0.533. The van der Waals surface area contributed by atoms with Gasteiger partial charge in [0, 0.05) is 55.8 Å². The van der Waals surface area contributed by atoms with Gasteiger partial charge in [0.1, 0.15) is 11.5 Å². The summed E-state index contributed by atoms with van der Waals surface area (Å²) in [5.41, 5.74) is 3.30. The monoisotopic (exact) mass is 504 g/mol. The predicted molar refractivity (Wildman–Crippen MR) is 141 cm³/mol. The highest BCUT2D eigenvalue weighted by atomic mass is 19.1. The number of nitrogens with zero attached hydrogens (tertiary/aromatic N) is 4. The van der Waals surface area contributed by atoms with Crippen LogP contribution in [-0.4, -0.2) is 68.5 Å². The van der Waals surface area contributed by atoms with E-state index in [9.17, 15) is 14.3 Å². The fourth-order valence-electron chi connectivity index (χ4n) is 7.10. The molecule has 0 amide bonds. The minimum absolute atomic E-state index is 0.00876. The van der Waals surface area contributed by atoms with Gasteiger partial charge in [0.05, 0.1) is 5.69 Å². The number of pyridine rings is 1. The number of carboxylic acids is 1. The van der Waals surface area contributed by atoms with Gasteiger partial charge in [-0.25, -0.2) is 9.37 Å². The standard InChI is InChI=1S/C30H37FN4O2/c31-25-6-3-5-23(17-25)26-20-35(30(11-4-12-30)13-8-29(36)37)19-24(26)18-33-15-9-22(10-16-33)27-21-34-14-2-1-7-28(34)32-27/h1-3,5-7,14,17,21-22,24,26H,4,8-13,15-16,18-20H2,(H,36,37). The zero-order valence-corrected chi connectivity index (χ0v) is 21.4. The topological polar surface area (TPSA) is 61.1 Å². The summed E-state index contributed by atoms with van der Waals surface area (Å²) < 4.78 is 16.3. The molecule has 6 rings (SSSR count). The molecule has 3 aliphatic rings. The molecule has 4 heterocycles. The van der Waals surface area contributed by atoms with Crippen LogP contribution in [0, 0.1) is 11.7 Å². The summed E-state index contributed by atoms with van der Waals surface area (Å²) in [7, 11) is 0. The first kappa shape index (κ1) is 24.6. The second-order valence-corrected chi connectivity index (χ2v) is 11.5. The number of hydrogen-bond acceptors (Lipinski definition) is 4. The first-order valence-electron chi connectivity index (χ1n) is 13.9. The van der Waals surface area contributed by atoms with Gasteiger partial charge in [-0.1, -0.05) is 18.2 Å². The molecule has 0 spiro atoms. The van der Waals surface area contributed by atoms with Crippen LogP contribution in [0.15, 0.2) is 54.9 Å². The molecule has 6 nitrogen and oxygen atoms in total. The Morgan fingerprint density at radius 1 is 1.11 bits per heavy atom. The maximum atomic E-state index is 14.2. The molecule has 3 aromatic rings. The number of carbonyl (C=O) groups is 1. The molecule has 37 heavy (non-hydrogen) atoms. The molecular weight excluding hydrogens is 467 g/mol. The van der Waals surface area contributed by atoms with Crippen LogP contribution in [0.2, 0.25) is 0 Å². The number of rotatable bonds is 8. The maximum Gasteiger partial charge on any atom is 0.303 e. The van der Waals surface area contributed by atoms with Crippen LogP contribution in [-0.2, 0) is 4.79 Å². The van der Waals surface area contributed by atoms with Crippen molar-refractivity contribution in [3.8, 4) is 0 Å². The average Bonchev–Trinajstić information content (AvgIpc) is 3.48. The smallest absolute Gasteiger partial charge is 0.303 e. The summed E-state index contributed by atoms with van der Waals surface area (Å²) in [5.74, 6) is 0.291. The van der Waals surface area contributed by atoms with Crippen molar-refractivity contribution in [1.82, 2.24) is 19.2 Å². The summed E-state index contributed by atoms with van der Waals surface area (Å²) in [5, 5.41) is 9.34. The highest BCUT2D eigenvalue weighted by Gasteiger charge is 2.48. The lowest BCUT2D eigenvalue weighted by Crippen LogP contribution is -2.53. The van der Waals surface area contributed by atoms with E-state index in [4.69, 9.17) is 4.98 Å². The molecule has 2 saturated heterocycles. The molecule has 7 heteroatoms. The number of likely N-dealkylation sites (tertiary alicyclic amines) is 2. The van der Waals surface area contributed by atoms with Crippen LogP contribution in [0.1, 0.15) is 68.0 Å². The van der Waals surface area contributed by atoms with Gasteiger partial charge >= 0.3 is 5.97 Å². The third-order valence-electron chi connectivity index (χ3n) is 9.36. The van der Waals surface area contributed by atoms with Crippen molar-refractivity contribution in [3.05, 3.63) is 71.9 Å².